The summed E-state index contributed by atoms with van der Waals surface area (Å²) in [6.45, 7) is -0.932. The van der Waals surface area contributed by atoms with E-state index in [2.05, 4.69) is 28.4 Å². The third-order valence-corrected chi connectivity index (χ3v) is 6.80. The molecule has 2 aromatic rings. The number of nitrogens with two attached hydrogens (primary N) is 1. The van der Waals surface area contributed by atoms with Gasteiger partial charge in [0.15, 0.2) is 17.7 Å². The number of nitrogen functional groups attached to an aromatic ring is 1. The summed E-state index contributed by atoms with van der Waals surface area (Å²) in [6.07, 6.45) is -3.64. The van der Waals surface area contributed by atoms with Gasteiger partial charge in [-0.05, 0) is 0 Å². The first-order chi connectivity index (χ1) is 14.7. The number of fused-ring (bicyclic) bond motifs is 1. The third kappa shape index (κ3) is 5.93. The van der Waals surface area contributed by atoms with Gasteiger partial charge in [0.2, 0.25) is 0 Å². The second kappa shape index (κ2) is 9.09. The summed E-state index contributed by atoms with van der Waals surface area (Å²) >= 11 is 0. The molecule has 0 bridgehead atoms. The fraction of sp³-hybridized carbons (Fsp3) is 0.500. The van der Waals surface area contributed by atoms with E-state index in [4.69, 9.17) is 20.3 Å². The highest BCUT2D eigenvalue weighted by atomic mass is 31.3. The molecule has 1 aliphatic rings. The van der Waals surface area contributed by atoms with Crippen LogP contribution in [0.1, 0.15) is 6.23 Å². The maximum absolute atomic E-state index is 11.9. The Morgan fingerprint density at radius 3 is 2.44 bits per heavy atom. The number of hydrogen-bond donors (Lipinski definition) is 8. The van der Waals surface area contributed by atoms with Crippen LogP contribution in [0.25, 0.3) is 11.2 Å². The van der Waals surface area contributed by atoms with Crippen molar-refractivity contribution in [2.45, 2.75) is 24.5 Å². The van der Waals surface area contributed by atoms with E-state index in [1.54, 1.807) is 0 Å². The third-order valence-electron chi connectivity index (χ3n) is 3.88. The molecule has 0 aromatic carbocycles. The van der Waals surface area contributed by atoms with Gasteiger partial charge in [-0.15, -0.1) is 0 Å². The zero-order chi connectivity index (χ0) is 23.9. The molecule has 2 unspecified atom stereocenters. The number of hydrogen-bond acceptors (Lipinski definition) is 13. The van der Waals surface area contributed by atoms with Crippen LogP contribution in [0, 0.1) is 0 Å². The van der Waals surface area contributed by atoms with Crippen LogP contribution in [0.4, 0.5) is 5.82 Å². The van der Waals surface area contributed by atoms with Crippen LogP contribution in [0.15, 0.2) is 12.7 Å². The van der Waals surface area contributed by atoms with Crippen molar-refractivity contribution in [3.05, 3.63) is 12.7 Å². The molecule has 1 aliphatic heterocycles. The van der Waals surface area contributed by atoms with Gasteiger partial charge in [-0.2, -0.15) is 8.94 Å². The highest BCUT2D eigenvalue weighted by molar-refractivity contribution is 7.61. The van der Waals surface area contributed by atoms with Gasteiger partial charge >= 0.3 is 23.4 Å². The van der Waals surface area contributed by atoms with Crippen LogP contribution < -0.4 is 11.0 Å². The molecule has 2 aromatic heterocycles. The number of nitrogens with zero attached hydrogens (tertiary/aromatic N) is 4. The van der Waals surface area contributed by atoms with Crippen molar-refractivity contribution in [2.24, 2.45) is 0 Å². The Morgan fingerprint density at radius 2 is 1.78 bits per heavy atom. The summed E-state index contributed by atoms with van der Waals surface area (Å²) < 4.78 is 52.5. The average molecular weight is 522 g/mol. The number of phosphoric acid groups is 2. The van der Waals surface area contributed by atoms with E-state index in [1.165, 1.54) is 10.9 Å². The highest BCUT2D eigenvalue weighted by Crippen LogP contribution is 2.60. The van der Waals surface area contributed by atoms with Crippen LogP contribution in [-0.4, -0.2) is 74.2 Å². The molecule has 32 heavy (non-hydrogen) atoms. The molecule has 9 N–H and O–H groups in total. The largest absolute Gasteiger partial charge is 0.498 e. The van der Waals surface area contributed by atoms with Gasteiger partial charge < -0.3 is 40.3 Å². The molecule has 3 rings (SSSR count). The summed E-state index contributed by atoms with van der Waals surface area (Å²) in [5.74, 6) is 0.0453. The van der Waals surface area contributed by atoms with Gasteiger partial charge in [0, 0.05) is 0 Å². The smallest absolute Gasteiger partial charge is 0.387 e. The van der Waals surface area contributed by atoms with E-state index in [-0.39, 0.29) is 17.0 Å². The second-order valence-electron chi connectivity index (χ2n) is 6.17. The molecular formula is C10H17N6O13P3. The van der Waals surface area contributed by atoms with Crippen molar-refractivity contribution < 1.29 is 61.7 Å². The maximum atomic E-state index is 11.9. The molecule has 0 radical (unpaired) electrons. The lowest BCUT2D eigenvalue weighted by molar-refractivity contribution is -0.0504. The number of aromatic nitrogens is 4. The Hall–Kier alpha value is -1.40. The van der Waals surface area contributed by atoms with Gasteiger partial charge in [-0.1, -0.05) is 5.25 Å². The minimum Gasteiger partial charge on any atom is -0.387 e. The van der Waals surface area contributed by atoms with Gasteiger partial charge in [0.25, 0.3) is 0 Å². The number of imidazole rings is 1. The van der Waals surface area contributed by atoms with Gasteiger partial charge in [0.05, 0.1) is 12.9 Å². The Balaban J connectivity index is 1.65. The lowest BCUT2D eigenvalue weighted by Gasteiger charge is -2.19. The molecule has 22 heteroatoms. The highest BCUT2D eigenvalue weighted by Gasteiger charge is 2.46. The van der Waals surface area contributed by atoms with E-state index in [0.29, 0.717) is 0 Å². The van der Waals surface area contributed by atoms with E-state index < -0.39 is 54.5 Å². The van der Waals surface area contributed by atoms with Crippen LogP contribution in [0.2, 0.25) is 0 Å². The minimum absolute atomic E-state index is 0.0453. The van der Waals surface area contributed by atoms with Crippen molar-refractivity contribution >= 4 is 40.4 Å². The monoisotopic (exact) mass is 522 g/mol. The topological polar surface area (TPSA) is 291 Å². The number of phosphoric ester groups is 1. The number of aliphatic hydroxyl groups excluding tert-OH is 2. The lowest BCUT2D eigenvalue weighted by Crippen LogP contribution is -2.33. The van der Waals surface area contributed by atoms with E-state index in [1.807, 2.05) is 0 Å². The minimum atomic E-state index is -5.52. The van der Waals surface area contributed by atoms with Crippen LogP contribution in [0.3, 0.4) is 0 Å². The maximum Gasteiger partial charge on any atom is 0.498 e. The number of ether oxygens (including phenoxy) is 1. The fourth-order valence-electron chi connectivity index (χ4n) is 2.60. The summed E-state index contributed by atoms with van der Waals surface area (Å²) in [6, 6.07) is 0. The number of anilines is 1. The SMILES string of the molecule is Nc1ncnc2c1ncn2[C@@H]1O[C@H](COP(=O)(O)OP(=O)(O)ONP(=O)(O)O)[C@@H](O)[C@H]1O. The van der Waals surface area contributed by atoms with Crippen molar-refractivity contribution in [1.82, 2.24) is 24.8 Å². The molecule has 3 heterocycles. The molecule has 6 atom stereocenters. The molecule has 1 fully saturated rings. The lowest BCUT2D eigenvalue weighted by atomic mass is 10.1. The Kier molecular flexibility index (Phi) is 7.17. The van der Waals surface area contributed by atoms with E-state index in [9.17, 15) is 33.7 Å². The van der Waals surface area contributed by atoms with Gasteiger partial charge in [0.1, 0.15) is 30.2 Å². The van der Waals surface area contributed by atoms with Crippen molar-refractivity contribution in [3.63, 3.8) is 0 Å². The second-order valence-corrected chi connectivity index (χ2v) is 10.4. The molecular weight excluding hydrogens is 505 g/mol. The van der Waals surface area contributed by atoms with Crippen LogP contribution >= 0.6 is 23.4 Å². The summed E-state index contributed by atoms with van der Waals surface area (Å²) in [5, 5.41) is 21.3. The zero-order valence-electron chi connectivity index (χ0n) is 15.4. The Morgan fingerprint density at radius 1 is 1.09 bits per heavy atom. The Bertz CT molecular complexity index is 1120. The number of rotatable bonds is 9. The normalized spacial score (nSPS) is 27.9. The van der Waals surface area contributed by atoms with Crippen molar-refractivity contribution in [1.29, 1.82) is 0 Å². The molecule has 0 saturated carbocycles. The Labute approximate surface area is 177 Å². The molecule has 0 spiro atoms. The number of aliphatic hydroxyl groups is 2. The number of nitrogens with one attached hydrogen (secondary N) is 1. The predicted molar refractivity (Wildman–Crippen MR) is 98.6 cm³/mol. The van der Waals surface area contributed by atoms with Gasteiger partial charge in [-0.3, -0.25) is 9.09 Å². The summed E-state index contributed by atoms with van der Waals surface area (Å²) in [7, 11) is -16.0. The first-order valence-corrected chi connectivity index (χ1v) is 12.8. The molecule has 19 nitrogen and oxygen atoms in total. The molecule has 180 valence electrons. The van der Waals surface area contributed by atoms with E-state index >= 15 is 0 Å². The first kappa shape index (κ1) is 25.2. The summed E-state index contributed by atoms with van der Waals surface area (Å²) in [5.41, 5.74) is 6.02. The van der Waals surface area contributed by atoms with E-state index in [0.717, 1.165) is 11.6 Å². The molecule has 0 amide bonds. The molecule has 1 saturated heterocycles. The average Bonchev–Trinajstić information content (AvgIpc) is 3.20. The summed E-state index contributed by atoms with van der Waals surface area (Å²) in [4.78, 5) is 47.5. The quantitative estimate of drug-likeness (QED) is 0.129. The van der Waals surface area contributed by atoms with Gasteiger partial charge in [-0.25, -0.2) is 28.6 Å². The zero-order valence-corrected chi connectivity index (χ0v) is 18.1. The predicted octanol–water partition coefficient (Wildman–Crippen LogP) is -2.12. The fourth-order valence-corrected chi connectivity index (χ4v) is 5.13. The standard InChI is InChI=1S/C10H17N6O13P3/c11-8-5-9(13-2-12-8)16(3-14-5)10-7(18)6(17)4(27-10)1-26-31(22,23)29-32(24,25)28-15-30(19,20)21/h2-4,6-7,10,17-18H,1H2,(H,22,23)(H,24,25)(H2,11,12,13)(H3,15,19,20,21)/t4-,6-,7-,10-/m1/s1. The van der Waals surface area contributed by atoms with Crippen molar-refractivity contribution in [2.75, 3.05) is 12.3 Å². The van der Waals surface area contributed by atoms with Crippen LogP contribution in [0.5, 0.6) is 0 Å². The van der Waals surface area contributed by atoms with Crippen LogP contribution in [-0.2, 0) is 31.9 Å². The molecule has 0 aliphatic carbocycles. The first-order valence-electron chi connectivity index (χ1n) is 8.16. The van der Waals surface area contributed by atoms with Crippen molar-refractivity contribution in [3.8, 4) is 0 Å².